The van der Waals surface area contributed by atoms with E-state index >= 15 is 0 Å². The molecule has 1 aliphatic heterocycles. The number of carbonyl (C=O) groups is 1. The smallest absolute Gasteiger partial charge is 0.271 e. The standard InChI is InChI=1S/C24H17ClF2N2O3S/c1-31-20-11-14(10-16(25)22(20)32-13-15-6-2-3-7-17(15)26)12-21-23(30)29(24(28)33-21)19-9-5-4-8-18(19)27/h2-12,28H,13H2,1H3/b21-12-,28-24?. The zero-order valence-electron chi connectivity index (χ0n) is 17.3. The van der Waals surface area contributed by atoms with E-state index in [2.05, 4.69) is 0 Å². The van der Waals surface area contributed by atoms with Gasteiger partial charge in [0.05, 0.1) is 22.7 Å². The number of hydrogen-bond donors (Lipinski definition) is 1. The fraction of sp³-hybridized carbons (Fsp3) is 0.0833. The van der Waals surface area contributed by atoms with E-state index in [1.807, 2.05) is 0 Å². The summed E-state index contributed by atoms with van der Waals surface area (Å²) in [5, 5.41) is 8.23. The van der Waals surface area contributed by atoms with Gasteiger partial charge in [-0.2, -0.15) is 0 Å². The molecule has 1 saturated heterocycles. The van der Waals surface area contributed by atoms with Crippen LogP contribution in [0, 0.1) is 17.0 Å². The highest BCUT2D eigenvalue weighted by Gasteiger charge is 2.35. The third kappa shape index (κ3) is 4.72. The molecule has 9 heteroatoms. The van der Waals surface area contributed by atoms with Gasteiger partial charge < -0.3 is 9.47 Å². The van der Waals surface area contributed by atoms with E-state index in [0.717, 1.165) is 16.7 Å². The number of amides is 1. The SMILES string of the molecule is COc1cc(/C=C2\SC(=N)N(c3ccccc3F)C2=O)cc(Cl)c1OCc1ccccc1F. The van der Waals surface area contributed by atoms with Crippen molar-refractivity contribution in [1.82, 2.24) is 0 Å². The lowest BCUT2D eigenvalue weighted by atomic mass is 10.1. The molecule has 1 fully saturated rings. The number of carbonyl (C=O) groups excluding carboxylic acids is 1. The molecule has 0 spiro atoms. The van der Waals surface area contributed by atoms with Crippen LogP contribution in [0.25, 0.3) is 6.08 Å². The van der Waals surface area contributed by atoms with Crippen molar-refractivity contribution >= 4 is 46.2 Å². The number of nitrogens with zero attached hydrogens (tertiary/aromatic N) is 1. The molecule has 3 aromatic rings. The van der Waals surface area contributed by atoms with Crippen molar-refractivity contribution in [2.45, 2.75) is 6.61 Å². The number of anilines is 1. The highest BCUT2D eigenvalue weighted by atomic mass is 35.5. The predicted octanol–water partition coefficient (Wildman–Crippen LogP) is 6.26. The molecule has 0 unspecified atom stereocenters. The second kappa shape index (κ2) is 9.64. The average Bonchev–Trinajstić information content (AvgIpc) is 3.06. The number of rotatable bonds is 6. The number of benzene rings is 3. The van der Waals surface area contributed by atoms with Crippen LogP contribution in [-0.4, -0.2) is 18.2 Å². The Morgan fingerprint density at radius 1 is 1.09 bits per heavy atom. The Hall–Kier alpha value is -3.36. The molecule has 0 aromatic heterocycles. The van der Waals surface area contributed by atoms with Gasteiger partial charge in [0.25, 0.3) is 5.91 Å². The first-order valence-corrected chi connectivity index (χ1v) is 10.9. The first-order valence-electron chi connectivity index (χ1n) is 9.70. The molecular weight excluding hydrogens is 470 g/mol. The fourth-order valence-electron chi connectivity index (χ4n) is 3.22. The lowest BCUT2D eigenvalue weighted by Crippen LogP contribution is -2.28. The average molecular weight is 487 g/mol. The number of amidine groups is 1. The molecule has 5 nitrogen and oxygen atoms in total. The molecule has 0 atom stereocenters. The lowest BCUT2D eigenvalue weighted by Gasteiger charge is -2.15. The Kier molecular flexibility index (Phi) is 6.67. The molecule has 33 heavy (non-hydrogen) atoms. The Bertz CT molecular complexity index is 1280. The molecule has 0 aliphatic carbocycles. The maximum absolute atomic E-state index is 14.2. The topological polar surface area (TPSA) is 62.6 Å². The van der Waals surface area contributed by atoms with Crippen molar-refractivity contribution < 1.29 is 23.0 Å². The van der Waals surface area contributed by atoms with Gasteiger partial charge in [0.2, 0.25) is 0 Å². The van der Waals surface area contributed by atoms with Gasteiger partial charge in [0.1, 0.15) is 18.2 Å². The Labute approximate surface area is 198 Å². The van der Waals surface area contributed by atoms with E-state index in [1.54, 1.807) is 36.4 Å². The van der Waals surface area contributed by atoms with Crippen LogP contribution in [0.4, 0.5) is 14.5 Å². The number of nitrogens with one attached hydrogen (secondary N) is 1. The van der Waals surface area contributed by atoms with Crippen molar-refractivity contribution in [3.8, 4) is 11.5 Å². The molecule has 0 saturated carbocycles. The van der Waals surface area contributed by atoms with Crippen molar-refractivity contribution in [3.63, 3.8) is 0 Å². The van der Waals surface area contributed by atoms with Gasteiger partial charge in [-0.05, 0) is 53.7 Å². The van der Waals surface area contributed by atoms with Gasteiger partial charge >= 0.3 is 0 Å². The summed E-state index contributed by atoms with van der Waals surface area (Å²) in [5.41, 5.74) is 0.895. The highest BCUT2D eigenvalue weighted by molar-refractivity contribution is 8.19. The van der Waals surface area contributed by atoms with Crippen LogP contribution in [-0.2, 0) is 11.4 Å². The lowest BCUT2D eigenvalue weighted by molar-refractivity contribution is -0.113. The summed E-state index contributed by atoms with van der Waals surface area (Å²) < 4.78 is 39.1. The fourth-order valence-corrected chi connectivity index (χ4v) is 4.35. The normalized spacial score (nSPS) is 14.8. The van der Waals surface area contributed by atoms with Gasteiger partial charge in [-0.15, -0.1) is 0 Å². The zero-order chi connectivity index (χ0) is 23.5. The monoisotopic (exact) mass is 486 g/mol. The minimum Gasteiger partial charge on any atom is -0.493 e. The third-order valence-corrected chi connectivity index (χ3v) is 5.97. The van der Waals surface area contributed by atoms with Gasteiger partial charge in [-0.1, -0.05) is 41.9 Å². The highest BCUT2D eigenvalue weighted by Crippen LogP contribution is 2.40. The van der Waals surface area contributed by atoms with Crippen LogP contribution in [0.1, 0.15) is 11.1 Å². The number of halogens is 3. The van der Waals surface area contributed by atoms with E-state index in [0.29, 0.717) is 16.9 Å². The van der Waals surface area contributed by atoms with E-state index < -0.39 is 17.5 Å². The molecule has 1 N–H and O–H groups in total. The predicted molar refractivity (Wildman–Crippen MR) is 126 cm³/mol. The summed E-state index contributed by atoms with van der Waals surface area (Å²) in [4.78, 5) is 14.1. The maximum Gasteiger partial charge on any atom is 0.271 e. The summed E-state index contributed by atoms with van der Waals surface area (Å²) in [6, 6.07) is 15.2. The van der Waals surface area contributed by atoms with Crippen LogP contribution in [0.5, 0.6) is 11.5 Å². The Morgan fingerprint density at radius 3 is 2.48 bits per heavy atom. The van der Waals surface area contributed by atoms with Crippen molar-refractivity contribution in [2.24, 2.45) is 0 Å². The van der Waals surface area contributed by atoms with Crippen molar-refractivity contribution in [2.75, 3.05) is 12.0 Å². The number of methoxy groups -OCH3 is 1. The van der Waals surface area contributed by atoms with Crippen molar-refractivity contribution in [1.29, 1.82) is 5.41 Å². The largest absolute Gasteiger partial charge is 0.493 e. The van der Waals surface area contributed by atoms with Crippen LogP contribution in [0.15, 0.2) is 65.6 Å². The summed E-state index contributed by atoms with van der Waals surface area (Å²) in [7, 11) is 1.43. The summed E-state index contributed by atoms with van der Waals surface area (Å²) in [6.45, 7) is -0.0493. The van der Waals surface area contributed by atoms with Crippen molar-refractivity contribution in [3.05, 3.63) is 93.4 Å². The first-order chi connectivity index (χ1) is 15.9. The molecule has 168 valence electrons. The molecule has 1 heterocycles. The van der Waals surface area contributed by atoms with Gasteiger partial charge in [0, 0.05) is 5.56 Å². The van der Waals surface area contributed by atoms with E-state index in [9.17, 15) is 13.6 Å². The Balaban J connectivity index is 1.60. The molecular formula is C24H17ClF2N2O3S. The van der Waals surface area contributed by atoms with Crippen LogP contribution in [0.2, 0.25) is 5.02 Å². The minimum atomic E-state index is -0.599. The van der Waals surface area contributed by atoms with Gasteiger partial charge in [-0.3, -0.25) is 15.1 Å². The molecule has 0 bridgehead atoms. The summed E-state index contributed by atoms with van der Waals surface area (Å²) >= 11 is 7.30. The summed E-state index contributed by atoms with van der Waals surface area (Å²) in [5.74, 6) is -0.992. The maximum atomic E-state index is 14.2. The Morgan fingerprint density at radius 2 is 1.79 bits per heavy atom. The minimum absolute atomic E-state index is 0.0101. The van der Waals surface area contributed by atoms with Crippen LogP contribution >= 0.6 is 23.4 Å². The molecule has 0 radical (unpaired) electrons. The first kappa shape index (κ1) is 22.8. The van der Waals surface area contributed by atoms with E-state index in [4.69, 9.17) is 26.5 Å². The zero-order valence-corrected chi connectivity index (χ0v) is 18.8. The van der Waals surface area contributed by atoms with Crippen LogP contribution < -0.4 is 14.4 Å². The number of hydrogen-bond acceptors (Lipinski definition) is 5. The van der Waals surface area contributed by atoms with Gasteiger partial charge in [-0.25, -0.2) is 8.78 Å². The molecule has 4 rings (SSSR count). The summed E-state index contributed by atoms with van der Waals surface area (Å²) in [6.07, 6.45) is 1.54. The molecule has 1 aliphatic rings. The number of para-hydroxylation sites is 1. The number of ether oxygens (including phenoxy) is 2. The number of thioether (sulfide) groups is 1. The molecule has 1 amide bonds. The molecule has 3 aromatic carbocycles. The van der Waals surface area contributed by atoms with E-state index in [1.165, 1.54) is 37.5 Å². The third-order valence-electron chi connectivity index (χ3n) is 4.80. The van der Waals surface area contributed by atoms with Gasteiger partial charge in [0.15, 0.2) is 16.7 Å². The second-order valence-corrected chi connectivity index (χ2v) is 8.36. The quantitative estimate of drug-likeness (QED) is 0.418. The van der Waals surface area contributed by atoms with E-state index in [-0.39, 0.29) is 33.1 Å². The van der Waals surface area contributed by atoms with Crippen LogP contribution in [0.3, 0.4) is 0 Å². The second-order valence-electron chi connectivity index (χ2n) is 6.92.